The van der Waals surface area contributed by atoms with Crippen molar-refractivity contribution in [2.24, 2.45) is 0 Å². The minimum atomic E-state index is -4.42. The lowest BCUT2D eigenvalue weighted by atomic mass is 10.0. The summed E-state index contributed by atoms with van der Waals surface area (Å²) >= 11 is 0. The molecule has 0 aromatic heterocycles. The van der Waals surface area contributed by atoms with Crippen LogP contribution in [0, 0.1) is 47.4 Å². The number of nitrogens with zero attached hydrogens (tertiary/aromatic N) is 1. The molecule has 0 amide bonds. The van der Waals surface area contributed by atoms with Crippen molar-refractivity contribution in [1.29, 1.82) is 0 Å². The van der Waals surface area contributed by atoms with Gasteiger partial charge in [-0.3, -0.25) is 18.6 Å². The van der Waals surface area contributed by atoms with Crippen molar-refractivity contribution in [3.8, 4) is 47.4 Å². The van der Waals surface area contributed by atoms with E-state index in [2.05, 4.69) is 61.2 Å². The fraction of sp³-hybridized carbons (Fsp3) is 0.839. The number of carbonyl (C=O) groups is 2. The van der Waals surface area contributed by atoms with Crippen LogP contribution in [-0.4, -0.2) is 74.9 Å². The summed E-state index contributed by atoms with van der Waals surface area (Å²) in [5.74, 6) is 23.5. The van der Waals surface area contributed by atoms with E-state index in [-0.39, 0.29) is 26.1 Å². The monoisotopic (exact) mass is 1030 g/mol. The summed E-state index contributed by atoms with van der Waals surface area (Å²) in [6, 6.07) is 0. The minimum Gasteiger partial charge on any atom is -0.462 e. The lowest BCUT2D eigenvalue weighted by Crippen LogP contribution is -2.37. The summed E-state index contributed by atoms with van der Waals surface area (Å²) in [5, 5.41) is 0. The number of esters is 2. The average molecular weight is 1030 g/mol. The molecular formula is C62H109NO8P+. The molecule has 2 atom stereocenters. The van der Waals surface area contributed by atoms with E-state index in [0.717, 1.165) is 57.8 Å². The Morgan fingerprint density at radius 1 is 0.431 bits per heavy atom. The molecule has 0 radical (unpaired) electrons. The summed E-state index contributed by atoms with van der Waals surface area (Å²) in [6.45, 7) is 4.31. The molecule has 0 aromatic carbocycles. The van der Waals surface area contributed by atoms with E-state index in [1.54, 1.807) is 0 Å². The average Bonchev–Trinajstić information content (AvgIpc) is 3.34. The first-order valence-electron chi connectivity index (χ1n) is 29.7. The number of rotatable bonds is 50. The first-order valence-corrected chi connectivity index (χ1v) is 31.2. The predicted molar refractivity (Wildman–Crippen MR) is 302 cm³/mol. The number of likely N-dealkylation sites (N-methyl/N-ethyl adjacent to an activating group) is 1. The van der Waals surface area contributed by atoms with Gasteiger partial charge in [0.2, 0.25) is 0 Å². The quantitative estimate of drug-likeness (QED) is 0.0211. The molecular weight excluding hydrogens is 918 g/mol. The van der Waals surface area contributed by atoms with Gasteiger partial charge in [-0.15, -0.1) is 0 Å². The Hall–Kier alpha value is -2.75. The Morgan fingerprint density at radius 2 is 0.736 bits per heavy atom. The van der Waals surface area contributed by atoms with Crippen LogP contribution in [0.2, 0.25) is 0 Å². The molecule has 0 bridgehead atoms. The van der Waals surface area contributed by atoms with E-state index in [1.807, 2.05) is 21.1 Å². The van der Waals surface area contributed by atoms with E-state index in [4.69, 9.17) is 18.5 Å². The second-order valence-electron chi connectivity index (χ2n) is 21.1. The zero-order chi connectivity index (χ0) is 52.7. The summed E-state index contributed by atoms with van der Waals surface area (Å²) in [4.78, 5) is 35.6. The second kappa shape index (κ2) is 53.1. The Morgan fingerprint density at radius 3 is 1.07 bits per heavy atom. The topological polar surface area (TPSA) is 108 Å². The normalized spacial score (nSPS) is 12.2. The van der Waals surface area contributed by atoms with Crippen LogP contribution in [0.1, 0.15) is 284 Å². The Kier molecular flexibility index (Phi) is 51.1. The van der Waals surface area contributed by atoms with Crippen LogP contribution in [-0.2, 0) is 32.7 Å². The molecule has 0 fully saturated rings. The van der Waals surface area contributed by atoms with Gasteiger partial charge in [-0.2, -0.15) is 0 Å². The minimum absolute atomic E-state index is 0.00576. The highest BCUT2D eigenvalue weighted by molar-refractivity contribution is 7.47. The van der Waals surface area contributed by atoms with Gasteiger partial charge in [0.25, 0.3) is 0 Å². The van der Waals surface area contributed by atoms with E-state index >= 15 is 0 Å². The van der Waals surface area contributed by atoms with Gasteiger partial charge in [0.05, 0.1) is 27.7 Å². The predicted octanol–water partition coefficient (Wildman–Crippen LogP) is 16.7. The molecule has 0 heterocycles. The van der Waals surface area contributed by atoms with Gasteiger partial charge in [-0.25, -0.2) is 4.57 Å². The van der Waals surface area contributed by atoms with Crippen molar-refractivity contribution in [3.63, 3.8) is 0 Å². The molecule has 9 nitrogen and oxygen atoms in total. The highest BCUT2D eigenvalue weighted by atomic mass is 31.2. The number of phosphoric ester groups is 1. The Labute approximate surface area is 444 Å². The SMILES string of the molecule is CCCCCCCCCCCCCCCCCC#CC#CCCCCCC(=O)OC[C@H](COP(=O)(O)OCC[N+](C)(C)C)OC(=O)CCCCCC#CC#CCCCCCCCCCCCCCCCCC. The van der Waals surface area contributed by atoms with E-state index in [1.165, 1.54) is 180 Å². The molecule has 0 saturated heterocycles. The molecule has 0 rings (SSSR count). The molecule has 1 N–H and O–H groups in total. The first kappa shape index (κ1) is 69.2. The van der Waals surface area contributed by atoms with Crippen LogP contribution < -0.4 is 0 Å². The fourth-order valence-electron chi connectivity index (χ4n) is 8.18. The van der Waals surface area contributed by atoms with Gasteiger partial charge in [0.1, 0.15) is 19.8 Å². The van der Waals surface area contributed by atoms with Gasteiger partial charge >= 0.3 is 19.8 Å². The van der Waals surface area contributed by atoms with Gasteiger partial charge in [0.15, 0.2) is 6.10 Å². The number of ether oxygens (including phenoxy) is 2. The lowest BCUT2D eigenvalue weighted by Gasteiger charge is -2.24. The maximum Gasteiger partial charge on any atom is 0.472 e. The molecule has 414 valence electrons. The van der Waals surface area contributed by atoms with E-state index in [9.17, 15) is 19.0 Å². The zero-order valence-corrected chi connectivity index (χ0v) is 48.2. The van der Waals surface area contributed by atoms with Gasteiger partial charge in [-0.05, 0) is 62.2 Å². The smallest absolute Gasteiger partial charge is 0.462 e. The van der Waals surface area contributed by atoms with E-state index in [0.29, 0.717) is 30.3 Å². The van der Waals surface area contributed by atoms with Crippen molar-refractivity contribution >= 4 is 19.8 Å². The maximum atomic E-state index is 12.8. The van der Waals surface area contributed by atoms with Crippen molar-refractivity contribution in [2.75, 3.05) is 47.5 Å². The molecule has 0 aromatic rings. The lowest BCUT2D eigenvalue weighted by molar-refractivity contribution is -0.870. The standard InChI is InChI=1S/C62H108NO8P/c1-6-8-10-12-14-16-18-20-22-24-26-28-30-32-34-36-38-40-42-44-46-48-50-52-54-61(64)68-58-60(59-70-72(66,67)69-57-56-63(3,4)5)71-62(65)55-53-51-49-47-45-43-41-39-37-35-33-31-29-27-25-23-21-19-17-15-13-11-9-7-2/h60H,6-37,46-59H2,1-5H3/p+1/t60-/m1/s1. The molecule has 0 spiro atoms. The highest BCUT2D eigenvalue weighted by Crippen LogP contribution is 2.43. The number of unbranched alkanes of at least 4 members (excludes halogenated alkanes) is 36. The molecule has 0 aliphatic rings. The van der Waals surface area contributed by atoms with Crippen LogP contribution in [0.4, 0.5) is 0 Å². The molecule has 0 saturated carbocycles. The Bertz CT molecular complexity index is 1580. The molecule has 0 aliphatic heterocycles. The highest BCUT2D eigenvalue weighted by Gasteiger charge is 2.27. The fourth-order valence-corrected chi connectivity index (χ4v) is 8.92. The summed E-state index contributed by atoms with van der Waals surface area (Å²) in [6.07, 6.45) is 47.8. The van der Waals surface area contributed by atoms with Gasteiger partial charge in [0, 0.05) is 38.5 Å². The maximum absolute atomic E-state index is 12.8. The van der Waals surface area contributed by atoms with Crippen LogP contribution in [0.5, 0.6) is 0 Å². The van der Waals surface area contributed by atoms with Crippen LogP contribution in [0.3, 0.4) is 0 Å². The number of carbonyl (C=O) groups excluding carboxylic acids is 2. The number of hydrogen-bond donors (Lipinski definition) is 1. The second-order valence-corrected chi connectivity index (χ2v) is 22.6. The van der Waals surface area contributed by atoms with Crippen molar-refractivity contribution in [3.05, 3.63) is 0 Å². The number of phosphoric acid groups is 1. The van der Waals surface area contributed by atoms with Gasteiger partial charge in [-0.1, -0.05) is 230 Å². The van der Waals surface area contributed by atoms with Crippen LogP contribution in [0.15, 0.2) is 0 Å². The third-order valence-electron chi connectivity index (χ3n) is 12.8. The van der Waals surface area contributed by atoms with Crippen molar-refractivity contribution in [1.82, 2.24) is 0 Å². The van der Waals surface area contributed by atoms with Crippen molar-refractivity contribution < 1.29 is 42.1 Å². The third-order valence-corrected chi connectivity index (χ3v) is 13.8. The zero-order valence-electron chi connectivity index (χ0n) is 47.3. The van der Waals surface area contributed by atoms with Gasteiger partial charge < -0.3 is 18.9 Å². The molecule has 1 unspecified atom stereocenters. The molecule has 0 aliphatic carbocycles. The molecule has 72 heavy (non-hydrogen) atoms. The summed E-state index contributed by atoms with van der Waals surface area (Å²) in [7, 11) is 1.40. The van der Waals surface area contributed by atoms with Crippen LogP contribution >= 0.6 is 7.82 Å². The summed E-state index contributed by atoms with van der Waals surface area (Å²) < 4.78 is 34.4. The first-order chi connectivity index (χ1) is 35.0. The van der Waals surface area contributed by atoms with E-state index < -0.39 is 32.5 Å². The van der Waals surface area contributed by atoms with Crippen molar-refractivity contribution in [2.45, 2.75) is 290 Å². The third kappa shape index (κ3) is 56.5. The Balaban J connectivity index is 4.29. The number of quaternary nitrogens is 1. The molecule has 10 heteroatoms. The largest absolute Gasteiger partial charge is 0.472 e. The van der Waals surface area contributed by atoms with Crippen LogP contribution in [0.25, 0.3) is 0 Å². The number of hydrogen-bond acceptors (Lipinski definition) is 7. The summed E-state index contributed by atoms with van der Waals surface area (Å²) in [5.41, 5.74) is 0.